The minimum atomic E-state index is -0.179. The Labute approximate surface area is 157 Å². The van der Waals surface area contributed by atoms with Crippen molar-refractivity contribution in [3.8, 4) is 17.2 Å². The fraction of sp³-hybridized carbons (Fsp3) is 0.368. The second-order valence-corrected chi connectivity index (χ2v) is 6.75. The van der Waals surface area contributed by atoms with Crippen LogP contribution in [0.3, 0.4) is 0 Å². The number of hydrogen-bond acceptors (Lipinski definition) is 6. The topological polar surface area (TPSA) is 60.9 Å². The number of ether oxygens (including phenoxy) is 3. The summed E-state index contributed by atoms with van der Waals surface area (Å²) in [4.78, 5) is 18.7. The van der Waals surface area contributed by atoms with Crippen LogP contribution in [0.25, 0.3) is 0 Å². The molecule has 1 aromatic heterocycles. The average Bonchev–Trinajstić information content (AvgIpc) is 3.03. The second kappa shape index (κ2) is 8.31. The first-order chi connectivity index (χ1) is 12.7. The first-order valence-electron chi connectivity index (χ1n) is 8.37. The summed E-state index contributed by atoms with van der Waals surface area (Å²) in [6.45, 7) is 2.95. The third kappa shape index (κ3) is 3.72. The zero-order valence-electron chi connectivity index (χ0n) is 15.1. The molecule has 7 heteroatoms. The predicted molar refractivity (Wildman–Crippen MR) is 101 cm³/mol. The molecule has 0 spiro atoms. The van der Waals surface area contributed by atoms with E-state index in [0.717, 1.165) is 17.0 Å². The van der Waals surface area contributed by atoms with Crippen molar-refractivity contribution in [2.75, 3.05) is 26.6 Å². The molecular weight excluding hydrogens is 352 g/mol. The lowest BCUT2D eigenvalue weighted by Gasteiger charge is -2.26. The molecular formula is C19H22N2O4S. The van der Waals surface area contributed by atoms with Crippen molar-refractivity contribution in [2.24, 2.45) is 0 Å². The Bertz CT molecular complexity index is 744. The number of amides is 1. The van der Waals surface area contributed by atoms with Crippen molar-refractivity contribution in [1.82, 2.24) is 9.88 Å². The molecule has 1 saturated heterocycles. The molecule has 1 amide bonds. The fourth-order valence-electron chi connectivity index (χ4n) is 2.92. The van der Waals surface area contributed by atoms with E-state index in [1.807, 2.05) is 42.2 Å². The Balaban J connectivity index is 1.88. The van der Waals surface area contributed by atoms with Crippen LogP contribution < -0.4 is 14.2 Å². The Hall–Kier alpha value is -2.41. The molecule has 3 rings (SSSR count). The van der Waals surface area contributed by atoms with Gasteiger partial charge in [0.15, 0.2) is 0 Å². The zero-order chi connectivity index (χ0) is 18.5. The summed E-state index contributed by atoms with van der Waals surface area (Å²) in [7, 11) is 3.25. The molecule has 138 valence electrons. The van der Waals surface area contributed by atoms with Crippen molar-refractivity contribution >= 4 is 17.7 Å². The van der Waals surface area contributed by atoms with Crippen molar-refractivity contribution in [1.29, 1.82) is 0 Å². The maximum Gasteiger partial charge on any atom is 0.234 e. The van der Waals surface area contributed by atoms with Gasteiger partial charge in [0, 0.05) is 0 Å². The van der Waals surface area contributed by atoms with Crippen LogP contribution in [-0.4, -0.2) is 42.4 Å². The Morgan fingerprint density at radius 3 is 2.50 bits per heavy atom. The number of carbonyl (C=O) groups excluding carboxylic acids is 1. The lowest BCUT2D eigenvalue weighted by atomic mass is 10.1. The largest absolute Gasteiger partial charge is 0.496 e. The summed E-state index contributed by atoms with van der Waals surface area (Å²) in [5.74, 6) is 2.63. The van der Waals surface area contributed by atoms with Crippen LogP contribution in [0.5, 0.6) is 17.2 Å². The quantitative estimate of drug-likeness (QED) is 0.741. The van der Waals surface area contributed by atoms with E-state index in [1.165, 1.54) is 0 Å². The Morgan fingerprint density at radius 1 is 1.19 bits per heavy atom. The molecule has 1 atom stereocenters. The van der Waals surface area contributed by atoms with Crippen molar-refractivity contribution in [2.45, 2.75) is 18.8 Å². The van der Waals surface area contributed by atoms with Gasteiger partial charge in [0.25, 0.3) is 0 Å². The number of aromatic nitrogens is 1. The molecule has 1 aromatic carbocycles. The van der Waals surface area contributed by atoms with Crippen LogP contribution in [0.2, 0.25) is 0 Å². The molecule has 1 fully saturated rings. The summed E-state index contributed by atoms with van der Waals surface area (Å²) in [6, 6.07) is 9.40. The van der Waals surface area contributed by atoms with Crippen molar-refractivity contribution < 1.29 is 19.0 Å². The Kier molecular flexibility index (Phi) is 5.88. The molecule has 0 aliphatic carbocycles. The number of thioether (sulfide) groups is 1. The highest BCUT2D eigenvalue weighted by Gasteiger charge is 2.36. The number of pyridine rings is 1. The van der Waals surface area contributed by atoms with E-state index in [2.05, 4.69) is 4.98 Å². The van der Waals surface area contributed by atoms with Crippen molar-refractivity contribution in [3.05, 3.63) is 47.8 Å². The van der Waals surface area contributed by atoms with Gasteiger partial charge in [-0.15, -0.1) is 11.8 Å². The first kappa shape index (κ1) is 18.4. The van der Waals surface area contributed by atoms with E-state index in [4.69, 9.17) is 14.2 Å². The fourth-order valence-corrected chi connectivity index (χ4v) is 4.16. The van der Waals surface area contributed by atoms with E-state index >= 15 is 0 Å². The van der Waals surface area contributed by atoms with Crippen molar-refractivity contribution in [3.63, 3.8) is 0 Å². The maximum atomic E-state index is 12.5. The monoisotopic (exact) mass is 374 g/mol. The standard InChI is InChI=1S/C19H22N2O4S/c1-4-25-14-9-8-13(20-10-14)11-21-17(22)12-26-19(21)18-15(23-2)6-5-7-16(18)24-3/h5-10,19H,4,11-12H2,1-3H3. The van der Waals surface area contributed by atoms with Gasteiger partial charge in [-0.05, 0) is 31.2 Å². The maximum absolute atomic E-state index is 12.5. The van der Waals surface area contributed by atoms with Gasteiger partial charge in [-0.1, -0.05) is 6.07 Å². The normalized spacial score (nSPS) is 16.7. The lowest BCUT2D eigenvalue weighted by molar-refractivity contribution is -0.128. The van der Waals surface area contributed by atoms with Gasteiger partial charge in [0.2, 0.25) is 5.91 Å². The van der Waals surface area contributed by atoms with E-state index in [9.17, 15) is 4.79 Å². The Morgan fingerprint density at radius 2 is 1.92 bits per heavy atom. The third-order valence-corrected chi connectivity index (χ3v) is 5.34. The molecule has 0 radical (unpaired) electrons. The van der Waals surface area contributed by atoms with Gasteiger partial charge in [0.1, 0.15) is 22.6 Å². The average molecular weight is 374 g/mol. The molecule has 2 heterocycles. The summed E-state index contributed by atoms with van der Waals surface area (Å²) in [5, 5.41) is -0.179. The SMILES string of the molecule is CCOc1ccc(CN2C(=O)CSC2c2c(OC)cccc2OC)nc1. The molecule has 26 heavy (non-hydrogen) atoms. The van der Waals surface area contributed by atoms with E-state index < -0.39 is 0 Å². The number of nitrogens with zero attached hydrogens (tertiary/aromatic N) is 2. The molecule has 0 N–H and O–H groups in total. The minimum Gasteiger partial charge on any atom is -0.496 e. The minimum absolute atomic E-state index is 0.0728. The number of carbonyl (C=O) groups is 1. The lowest BCUT2D eigenvalue weighted by Crippen LogP contribution is -2.28. The number of methoxy groups -OCH3 is 2. The van der Waals surface area contributed by atoms with Gasteiger partial charge in [0.05, 0.1) is 50.6 Å². The van der Waals surface area contributed by atoms with Gasteiger partial charge in [-0.2, -0.15) is 0 Å². The summed E-state index contributed by atoms with van der Waals surface area (Å²) in [5.41, 5.74) is 1.68. The zero-order valence-corrected chi connectivity index (χ0v) is 15.9. The molecule has 1 unspecified atom stereocenters. The highest BCUT2D eigenvalue weighted by molar-refractivity contribution is 8.00. The van der Waals surface area contributed by atoms with Crippen LogP contribution in [-0.2, 0) is 11.3 Å². The summed E-state index contributed by atoms with van der Waals surface area (Å²) < 4.78 is 16.4. The molecule has 1 aliphatic heterocycles. The van der Waals surface area contributed by atoms with Crippen LogP contribution in [0, 0.1) is 0 Å². The smallest absolute Gasteiger partial charge is 0.234 e. The third-order valence-electron chi connectivity index (χ3n) is 4.12. The molecule has 2 aromatic rings. The van der Waals surface area contributed by atoms with Gasteiger partial charge < -0.3 is 19.1 Å². The highest BCUT2D eigenvalue weighted by Crippen LogP contribution is 2.47. The second-order valence-electron chi connectivity index (χ2n) is 5.68. The van der Waals surface area contributed by atoms with E-state index in [-0.39, 0.29) is 11.3 Å². The number of hydrogen-bond donors (Lipinski definition) is 0. The number of rotatable bonds is 7. The molecule has 0 bridgehead atoms. The molecule has 6 nitrogen and oxygen atoms in total. The van der Waals surface area contributed by atoms with Crippen LogP contribution in [0.4, 0.5) is 0 Å². The highest BCUT2D eigenvalue weighted by atomic mass is 32.2. The predicted octanol–water partition coefficient (Wildman–Crippen LogP) is 3.27. The van der Waals surface area contributed by atoms with E-state index in [1.54, 1.807) is 32.2 Å². The molecule has 0 saturated carbocycles. The first-order valence-corrected chi connectivity index (χ1v) is 9.42. The number of benzene rings is 1. The van der Waals surface area contributed by atoms with Gasteiger partial charge >= 0.3 is 0 Å². The van der Waals surface area contributed by atoms with Crippen LogP contribution in [0.1, 0.15) is 23.6 Å². The summed E-state index contributed by atoms with van der Waals surface area (Å²) in [6.07, 6.45) is 1.69. The van der Waals surface area contributed by atoms with Gasteiger partial charge in [-0.25, -0.2) is 0 Å². The summed E-state index contributed by atoms with van der Waals surface area (Å²) >= 11 is 1.57. The van der Waals surface area contributed by atoms with Crippen LogP contribution in [0.15, 0.2) is 36.5 Å². The van der Waals surface area contributed by atoms with Crippen LogP contribution >= 0.6 is 11.8 Å². The molecule has 1 aliphatic rings. The van der Waals surface area contributed by atoms with E-state index in [0.29, 0.717) is 30.4 Å². The van der Waals surface area contributed by atoms with Gasteiger partial charge in [-0.3, -0.25) is 9.78 Å².